The summed E-state index contributed by atoms with van der Waals surface area (Å²) in [6.07, 6.45) is -3.27. The van der Waals surface area contributed by atoms with Gasteiger partial charge < -0.3 is 14.8 Å². The highest BCUT2D eigenvalue weighted by molar-refractivity contribution is 6.09. The molecule has 9 heteroatoms. The fourth-order valence-electron chi connectivity index (χ4n) is 3.20. The summed E-state index contributed by atoms with van der Waals surface area (Å²) in [5.41, 5.74) is 0.305. The van der Waals surface area contributed by atoms with Crippen molar-refractivity contribution in [1.82, 2.24) is 0 Å². The molecule has 0 saturated heterocycles. The monoisotopic (exact) mass is 491 g/mol. The van der Waals surface area contributed by atoms with Gasteiger partial charge in [-0.3, -0.25) is 4.79 Å². The van der Waals surface area contributed by atoms with Crippen LogP contribution in [0, 0.1) is 22.7 Å². The van der Waals surface area contributed by atoms with Crippen LogP contribution in [-0.2, 0) is 17.6 Å². The van der Waals surface area contributed by atoms with Gasteiger partial charge >= 0.3 is 6.18 Å². The predicted octanol–water partition coefficient (Wildman–Crippen LogP) is 6.10. The van der Waals surface area contributed by atoms with Crippen molar-refractivity contribution in [3.05, 3.63) is 94.6 Å². The number of nitrogens with zero attached hydrogens (tertiary/aromatic N) is 2. The SMILES string of the molecule is CCOc1cc(/C=C(/C#N)C(=O)Nc2cccc(C(F)(F)F)c2)ccc1OCc1ccccc1C#N. The summed E-state index contributed by atoms with van der Waals surface area (Å²) in [6, 6.07) is 19.8. The first kappa shape index (κ1) is 25.9. The maximum atomic E-state index is 12.9. The van der Waals surface area contributed by atoms with Gasteiger partial charge in [0.15, 0.2) is 11.5 Å². The molecule has 0 spiro atoms. The Balaban J connectivity index is 1.80. The number of rotatable bonds is 8. The first-order chi connectivity index (χ1) is 17.2. The molecule has 0 aliphatic carbocycles. The van der Waals surface area contributed by atoms with Gasteiger partial charge in [0.05, 0.1) is 23.8 Å². The largest absolute Gasteiger partial charge is 0.490 e. The lowest BCUT2D eigenvalue weighted by Crippen LogP contribution is -2.14. The topological polar surface area (TPSA) is 95.1 Å². The summed E-state index contributed by atoms with van der Waals surface area (Å²) >= 11 is 0. The maximum absolute atomic E-state index is 12.9. The summed E-state index contributed by atoms with van der Waals surface area (Å²) in [6.45, 7) is 2.22. The van der Waals surface area contributed by atoms with E-state index >= 15 is 0 Å². The number of hydrogen-bond acceptors (Lipinski definition) is 5. The molecule has 0 bridgehead atoms. The van der Waals surface area contributed by atoms with Gasteiger partial charge in [-0.15, -0.1) is 0 Å². The highest BCUT2D eigenvalue weighted by Gasteiger charge is 2.30. The van der Waals surface area contributed by atoms with Gasteiger partial charge in [-0.2, -0.15) is 23.7 Å². The van der Waals surface area contributed by atoms with Crippen LogP contribution in [0.2, 0.25) is 0 Å². The summed E-state index contributed by atoms with van der Waals surface area (Å²) < 4.78 is 50.2. The molecule has 0 atom stereocenters. The molecule has 0 saturated carbocycles. The number of amides is 1. The lowest BCUT2D eigenvalue weighted by Gasteiger charge is -2.13. The van der Waals surface area contributed by atoms with Crippen molar-refractivity contribution in [2.24, 2.45) is 0 Å². The van der Waals surface area contributed by atoms with E-state index in [1.807, 2.05) is 0 Å². The summed E-state index contributed by atoms with van der Waals surface area (Å²) in [4.78, 5) is 12.5. The lowest BCUT2D eigenvalue weighted by molar-refractivity contribution is -0.137. The van der Waals surface area contributed by atoms with E-state index in [4.69, 9.17) is 9.47 Å². The van der Waals surface area contributed by atoms with Crippen LogP contribution in [0.5, 0.6) is 11.5 Å². The van der Waals surface area contributed by atoms with E-state index in [1.54, 1.807) is 55.5 Å². The molecular weight excluding hydrogens is 471 g/mol. The van der Waals surface area contributed by atoms with Crippen molar-refractivity contribution in [1.29, 1.82) is 10.5 Å². The Kier molecular flexibility index (Phi) is 8.32. The van der Waals surface area contributed by atoms with Crippen LogP contribution in [0.4, 0.5) is 18.9 Å². The Hall–Kier alpha value is -4.76. The molecule has 0 radical (unpaired) electrons. The van der Waals surface area contributed by atoms with Crippen molar-refractivity contribution in [2.75, 3.05) is 11.9 Å². The minimum atomic E-state index is -4.56. The van der Waals surface area contributed by atoms with Gasteiger partial charge in [0.2, 0.25) is 0 Å². The summed E-state index contributed by atoms with van der Waals surface area (Å²) in [5, 5.41) is 21.0. The van der Waals surface area contributed by atoms with Crippen LogP contribution in [0.25, 0.3) is 6.08 Å². The minimum absolute atomic E-state index is 0.0904. The average Bonchev–Trinajstić information content (AvgIpc) is 2.86. The van der Waals surface area contributed by atoms with E-state index in [1.165, 1.54) is 12.1 Å². The van der Waals surface area contributed by atoms with Crippen LogP contribution in [0.1, 0.15) is 29.2 Å². The molecule has 6 nitrogen and oxygen atoms in total. The summed E-state index contributed by atoms with van der Waals surface area (Å²) in [5.74, 6) is -0.104. The zero-order chi connectivity index (χ0) is 26.1. The Morgan fingerprint density at radius 3 is 2.47 bits per heavy atom. The van der Waals surface area contributed by atoms with E-state index in [9.17, 15) is 28.5 Å². The van der Waals surface area contributed by atoms with Crippen molar-refractivity contribution in [2.45, 2.75) is 19.7 Å². The second-order valence-corrected chi connectivity index (χ2v) is 7.40. The zero-order valence-electron chi connectivity index (χ0n) is 19.1. The highest BCUT2D eigenvalue weighted by Crippen LogP contribution is 2.32. The second kappa shape index (κ2) is 11.6. The number of halogens is 3. The molecule has 3 rings (SSSR count). The minimum Gasteiger partial charge on any atom is -0.490 e. The normalized spacial score (nSPS) is 11.2. The molecule has 0 aliphatic rings. The number of hydrogen-bond donors (Lipinski definition) is 1. The Bertz CT molecular complexity index is 1370. The molecule has 1 amide bonds. The number of anilines is 1. The molecule has 3 aromatic rings. The third-order valence-corrected chi connectivity index (χ3v) is 4.91. The first-order valence-electron chi connectivity index (χ1n) is 10.7. The molecule has 1 N–H and O–H groups in total. The average molecular weight is 491 g/mol. The molecule has 182 valence electrons. The molecule has 3 aromatic carbocycles. The number of nitriles is 2. The van der Waals surface area contributed by atoms with Crippen molar-refractivity contribution in [3.63, 3.8) is 0 Å². The Labute approximate surface area is 205 Å². The molecule has 0 fully saturated rings. The van der Waals surface area contributed by atoms with E-state index < -0.39 is 17.6 Å². The maximum Gasteiger partial charge on any atom is 0.416 e. The smallest absolute Gasteiger partial charge is 0.416 e. The number of ether oxygens (including phenoxy) is 2. The van der Waals surface area contributed by atoms with E-state index in [-0.39, 0.29) is 17.9 Å². The molecule has 36 heavy (non-hydrogen) atoms. The molecular formula is C27H20F3N3O3. The quantitative estimate of drug-likeness (QED) is 0.303. The fourth-order valence-corrected chi connectivity index (χ4v) is 3.20. The number of carbonyl (C=O) groups excluding carboxylic acids is 1. The molecule has 0 aliphatic heterocycles. The van der Waals surface area contributed by atoms with Crippen molar-refractivity contribution < 1.29 is 27.4 Å². The number of alkyl halides is 3. The third-order valence-electron chi connectivity index (χ3n) is 4.91. The van der Waals surface area contributed by atoms with Crippen LogP contribution in [0.3, 0.4) is 0 Å². The summed E-state index contributed by atoms with van der Waals surface area (Å²) in [7, 11) is 0. The number of benzene rings is 3. The van der Waals surface area contributed by atoms with Gasteiger partial charge in [-0.1, -0.05) is 30.3 Å². The number of nitrogens with one attached hydrogen (secondary N) is 1. The van der Waals surface area contributed by atoms with Gasteiger partial charge in [0.25, 0.3) is 5.91 Å². The van der Waals surface area contributed by atoms with Gasteiger partial charge in [-0.05, 0) is 55.0 Å². The van der Waals surface area contributed by atoms with E-state index in [0.717, 1.165) is 18.2 Å². The Morgan fingerprint density at radius 1 is 1.00 bits per heavy atom. The van der Waals surface area contributed by atoms with E-state index in [0.29, 0.717) is 34.8 Å². The predicted molar refractivity (Wildman–Crippen MR) is 127 cm³/mol. The second-order valence-electron chi connectivity index (χ2n) is 7.40. The van der Waals surface area contributed by atoms with Crippen LogP contribution < -0.4 is 14.8 Å². The van der Waals surface area contributed by atoms with Gasteiger partial charge in [0.1, 0.15) is 18.2 Å². The lowest BCUT2D eigenvalue weighted by atomic mass is 10.1. The van der Waals surface area contributed by atoms with Crippen LogP contribution >= 0.6 is 0 Å². The van der Waals surface area contributed by atoms with E-state index in [2.05, 4.69) is 11.4 Å². The fraction of sp³-hybridized carbons (Fsp3) is 0.148. The van der Waals surface area contributed by atoms with Crippen molar-refractivity contribution >= 4 is 17.7 Å². The first-order valence-corrected chi connectivity index (χ1v) is 10.7. The standard InChI is InChI=1S/C27H20F3N3O3/c1-2-35-25-13-18(10-11-24(25)36-17-20-7-4-3-6-19(20)15-31)12-21(16-32)26(34)33-23-9-5-8-22(14-23)27(28,29)30/h3-14H,2,17H2,1H3,(H,33,34)/b21-12-. The van der Waals surface area contributed by atoms with Crippen molar-refractivity contribution in [3.8, 4) is 23.6 Å². The van der Waals surface area contributed by atoms with Crippen LogP contribution in [0.15, 0.2) is 72.3 Å². The van der Waals surface area contributed by atoms with Gasteiger partial charge in [0, 0.05) is 11.3 Å². The molecule has 0 aromatic heterocycles. The van der Waals surface area contributed by atoms with Crippen LogP contribution in [-0.4, -0.2) is 12.5 Å². The third kappa shape index (κ3) is 6.64. The Morgan fingerprint density at radius 2 is 1.78 bits per heavy atom. The molecule has 0 heterocycles. The van der Waals surface area contributed by atoms with Gasteiger partial charge in [-0.25, -0.2) is 0 Å². The molecule has 0 unspecified atom stereocenters. The number of carbonyl (C=O) groups is 1. The highest BCUT2D eigenvalue weighted by atomic mass is 19.4. The zero-order valence-corrected chi connectivity index (χ0v) is 19.1.